The highest BCUT2D eigenvalue weighted by Gasteiger charge is 2.31. The topological polar surface area (TPSA) is 59.9 Å². The van der Waals surface area contributed by atoms with Gasteiger partial charge in [0.1, 0.15) is 5.82 Å². The Morgan fingerprint density at radius 2 is 2.04 bits per heavy atom. The highest BCUT2D eigenvalue weighted by atomic mass is 19.1. The molecule has 3 rings (SSSR count). The van der Waals surface area contributed by atoms with Crippen molar-refractivity contribution in [1.29, 1.82) is 0 Å². The second kappa shape index (κ2) is 8.71. The molecule has 6 heteroatoms. The summed E-state index contributed by atoms with van der Waals surface area (Å²) in [6.45, 7) is 5.10. The van der Waals surface area contributed by atoms with Gasteiger partial charge in [-0.3, -0.25) is 4.99 Å². The molecule has 0 bridgehead atoms. The van der Waals surface area contributed by atoms with Crippen molar-refractivity contribution in [3.63, 3.8) is 0 Å². The van der Waals surface area contributed by atoms with Gasteiger partial charge >= 0.3 is 0 Å². The summed E-state index contributed by atoms with van der Waals surface area (Å²) in [4.78, 5) is 6.86. The van der Waals surface area contributed by atoms with Crippen LogP contribution in [-0.4, -0.2) is 48.9 Å². The van der Waals surface area contributed by atoms with E-state index in [1.165, 1.54) is 6.07 Å². The van der Waals surface area contributed by atoms with E-state index < -0.39 is 5.60 Å². The monoisotopic (exact) mass is 362 g/mol. The smallest absolute Gasteiger partial charge is 0.191 e. The Kier molecular flexibility index (Phi) is 6.35. The molecule has 26 heavy (non-hydrogen) atoms. The molecule has 2 aliphatic rings. The number of benzene rings is 1. The third-order valence-electron chi connectivity index (χ3n) is 5.42. The van der Waals surface area contributed by atoms with Crippen LogP contribution in [0.4, 0.5) is 10.1 Å². The molecule has 1 saturated heterocycles. The van der Waals surface area contributed by atoms with Crippen molar-refractivity contribution < 1.29 is 9.50 Å². The van der Waals surface area contributed by atoms with Gasteiger partial charge in [-0.15, -0.1) is 0 Å². The minimum atomic E-state index is -0.622. The minimum Gasteiger partial charge on any atom is -0.388 e. The number of piperidine rings is 1. The molecule has 0 unspecified atom stereocenters. The quantitative estimate of drug-likeness (QED) is 0.557. The van der Waals surface area contributed by atoms with Gasteiger partial charge in [-0.1, -0.05) is 18.9 Å². The van der Waals surface area contributed by atoms with Crippen molar-refractivity contribution in [1.82, 2.24) is 10.6 Å². The van der Waals surface area contributed by atoms with Gasteiger partial charge < -0.3 is 20.6 Å². The number of halogens is 1. The average molecular weight is 362 g/mol. The molecule has 1 saturated carbocycles. The first-order chi connectivity index (χ1) is 12.6. The van der Waals surface area contributed by atoms with Gasteiger partial charge in [-0.05, 0) is 50.8 Å². The number of nitrogens with zero attached hydrogens (tertiary/aromatic N) is 2. The number of nitrogens with one attached hydrogen (secondary N) is 2. The van der Waals surface area contributed by atoms with Crippen molar-refractivity contribution in [2.45, 2.75) is 57.1 Å². The lowest BCUT2D eigenvalue weighted by atomic mass is 10.0. The summed E-state index contributed by atoms with van der Waals surface area (Å²) in [5.41, 5.74) is 0.329. The summed E-state index contributed by atoms with van der Waals surface area (Å²) >= 11 is 0. The fourth-order valence-electron chi connectivity index (χ4n) is 3.89. The van der Waals surface area contributed by atoms with Gasteiger partial charge in [-0.2, -0.15) is 0 Å². The molecule has 1 aromatic rings. The van der Waals surface area contributed by atoms with Crippen LogP contribution >= 0.6 is 0 Å². The lowest BCUT2D eigenvalue weighted by Gasteiger charge is -2.34. The van der Waals surface area contributed by atoms with E-state index in [1.54, 1.807) is 12.1 Å². The van der Waals surface area contributed by atoms with Crippen LogP contribution in [0.2, 0.25) is 0 Å². The summed E-state index contributed by atoms with van der Waals surface area (Å²) in [6, 6.07) is 7.15. The molecule has 144 valence electrons. The van der Waals surface area contributed by atoms with E-state index in [0.717, 1.165) is 69.8 Å². The SMILES string of the molecule is CCNC(=NCC1(O)CCCC1)NC1CCN(c2cccc(F)c2)CC1. The normalized spacial score (nSPS) is 21.0. The Morgan fingerprint density at radius 3 is 2.69 bits per heavy atom. The van der Waals surface area contributed by atoms with E-state index in [2.05, 4.69) is 20.5 Å². The predicted octanol–water partition coefficient (Wildman–Crippen LogP) is 2.65. The van der Waals surface area contributed by atoms with E-state index in [9.17, 15) is 9.50 Å². The van der Waals surface area contributed by atoms with Crippen molar-refractivity contribution in [3.8, 4) is 0 Å². The van der Waals surface area contributed by atoms with E-state index in [-0.39, 0.29) is 5.82 Å². The standard InChI is InChI=1S/C20H31FN4O/c1-2-22-19(23-15-20(26)10-3-4-11-20)24-17-8-12-25(13-9-17)18-7-5-6-16(21)14-18/h5-7,14,17,26H,2-4,8-13,15H2,1H3,(H2,22,23,24). The summed E-state index contributed by atoms with van der Waals surface area (Å²) in [7, 11) is 0. The second-order valence-corrected chi connectivity index (χ2v) is 7.51. The fraction of sp³-hybridized carbons (Fsp3) is 0.650. The number of guanidine groups is 1. The molecule has 0 radical (unpaired) electrons. The zero-order valence-corrected chi connectivity index (χ0v) is 15.7. The number of hydrogen-bond donors (Lipinski definition) is 3. The predicted molar refractivity (Wildman–Crippen MR) is 104 cm³/mol. The third kappa shape index (κ3) is 5.10. The van der Waals surface area contributed by atoms with Gasteiger partial charge in [0, 0.05) is 31.4 Å². The van der Waals surface area contributed by atoms with Crippen LogP contribution in [0, 0.1) is 5.82 Å². The van der Waals surface area contributed by atoms with E-state index >= 15 is 0 Å². The van der Waals surface area contributed by atoms with Crippen molar-refractivity contribution >= 4 is 11.6 Å². The van der Waals surface area contributed by atoms with E-state index in [0.29, 0.717) is 12.6 Å². The Bertz CT molecular complexity index is 608. The molecule has 1 aliphatic heterocycles. The molecule has 0 aromatic heterocycles. The molecule has 2 fully saturated rings. The molecule has 0 atom stereocenters. The molecule has 1 aromatic carbocycles. The highest BCUT2D eigenvalue weighted by molar-refractivity contribution is 5.80. The molecular weight excluding hydrogens is 331 g/mol. The van der Waals surface area contributed by atoms with Crippen molar-refractivity contribution in [2.24, 2.45) is 4.99 Å². The van der Waals surface area contributed by atoms with Gasteiger partial charge in [0.2, 0.25) is 0 Å². The number of aliphatic hydroxyl groups is 1. The first-order valence-electron chi connectivity index (χ1n) is 9.86. The summed E-state index contributed by atoms with van der Waals surface area (Å²) in [5.74, 6) is 0.603. The van der Waals surface area contributed by atoms with Crippen LogP contribution < -0.4 is 15.5 Å². The molecular formula is C20H31FN4O. The first-order valence-corrected chi connectivity index (χ1v) is 9.86. The van der Waals surface area contributed by atoms with Gasteiger partial charge in [0.15, 0.2) is 5.96 Å². The summed E-state index contributed by atoms with van der Waals surface area (Å²) in [5, 5.41) is 17.3. The highest BCUT2D eigenvalue weighted by Crippen LogP contribution is 2.29. The largest absolute Gasteiger partial charge is 0.388 e. The maximum atomic E-state index is 13.4. The second-order valence-electron chi connectivity index (χ2n) is 7.51. The molecule has 0 amide bonds. The van der Waals surface area contributed by atoms with Crippen LogP contribution in [0.5, 0.6) is 0 Å². The fourth-order valence-corrected chi connectivity index (χ4v) is 3.89. The molecule has 0 spiro atoms. The average Bonchev–Trinajstić information content (AvgIpc) is 3.08. The Hall–Kier alpha value is -1.82. The van der Waals surface area contributed by atoms with Crippen LogP contribution in [0.15, 0.2) is 29.3 Å². The molecule has 5 nitrogen and oxygen atoms in total. The maximum absolute atomic E-state index is 13.4. The van der Waals surface area contributed by atoms with E-state index in [4.69, 9.17) is 0 Å². The Balaban J connectivity index is 1.52. The van der Waals surface area contributed by atoms with Gasteiger partial charge in [0.25, 0.3) is 0 Å². The summed E-state index contributed by atoms with van der Waals surface area (Å²) < 4.78 is 13.4. The Morgan fingerprint density at radius 1 is 1.31 bits per heavy atom. The molecule has 3 N–H and O–H groups in total. The zero-order chi connectivity index (χ0) is 18.4. The molecule has 1 aliphatic carbocycles. The first kappa shape index (κ1) is 19.0. The number of aliphatic imine (C=N–C) groups is 1. The van der Waals surface area contributed by atoms with Crippen LogP contribution in [0.25, 0.3) is 0 Å². The summed E-state index contributed by atoms with van der Waals surface area (Å²) in [6.07, 6.45) is 5.84. The van der Waals surface area contributed by atoms with Crippen molar-refractivity contribution in [2.75, 3.05) is 31.1 Å². The Labute approximate surface area is 155 Å². The third-order valence-corrected chi connectivity index (χ3v) is 5.42. The minimum absolute atomic E-state index is 0.186. The van der Waals surface area contributed by atoms with Gasteiger partial charge in [-0.25, -0.2) is 4.39 Å². The van der Waals surface area contributed by atoms with Crippen LogP contribution in [0.1, 0.15) is 45.4 Å². The lowest BCUT2D eigenvalue weighted by molar-refractivity contribution is 0.0574. The number of anilines is 1. The maximum Gasteiger partial charge on any atom is 0.191 e. The van der Waals surface area contributed by atoms with E-state index in [1.807, 2.05) is 13.0 Å². The molecule has 1 heterocycles. The number of hydrogen-bond acceptors (Lipinski definition) is 3. The lowest BCUT2D eigenvalue weighted by Crippen LogP contribution is -2.49. The number of rotatable bonds is 5. The van der Waals surface area contributed by atoms with Gasteiger partial charge in [0.05, 0.1) is 12.1 Å². The van der Waals surface area contributed by atoms with Crippen LogP contribution in [0.3, 0.4) is 0 Å². The van der Waals surface area contributed by atoms with Crippen molar-refractivity contribution in [3.05, 3.63) is 30.1 Å². The zero-order valence-electron chi connectivity index (χ0n) is 15.7. The van der Waals surface area contributed by atoms with Crippen LogP contribution in [-0.2, 0) is 0 Å².